The maximum atomic E-state index is 4.72. The Morgan fingerprint density at radius 1 is 1.67 bits per heavy atom. The molecule has 2 aliphatic rings. The smallest absolute Gasteiger partial charge is 0.0687 e. The van der Waals surface area contributed by atoms with E-state index in [0.717, 1.165) is 13.0 Å². The third-order valence-corrected chi connectivity index (χ3v) is 3.48. The molecule has 2 atom stereocenters. The van der Waals surface area contributed by atoms with Crippen molar-refractivity contribution in [3.8, 4) is 0 Å². The summed E-state index contributed by atoms with van der Waals surface area (Å²) in [5, 5.41) is 3.19. The second-order valence-corrected chi connectivity index (χ2v) is 4.32. The van der Waals surface area contributed by atoms with Gasteiger partial charge in [0.25, 0.3) is 0 Å². The molecule has 0 radical (unpaired) electrons. The van der Waals surface area contributed by atoms with Crippen molar-refractivity contribution in [3.05, 3.63) is 30.7 Å². The number of dihydropyridines is 1. The van der Waals surface area contributed by atoms with Crippen molar-refractivity contribution in [3.63, 3.8) is 0 Å². The lowest BCUT2D eigenvalue weighted by molar-refractivity contribution is 0.342. The number of hydrogen-bond acceptors (Lipinski definition) is 2. The van der Waals surface area contributed by atoms with E-state index < -0.39 is 0 Å². The van der Waals surface area contributed by atoms with Gasteiger partial charge in [0, 0.05) is 24.9 Å². The number of rotatable bonds is 4. The summed E-state index contributed by atoms with van der Waals surface area (Å²) in [6, 6.07) is 0. The molecule has 15 heavy (non-hydrogen) atoms. The Morgan fingerprint density at radius 2 is 2.60 bits per heavy atom. The summed E-state index contributed by atoms with van der Waals surface area (Å²) in [5.41, 5.74) is 2.92. The van der Waals surface area contributed by atoms with Crippen LogP contribution in [-0.4, -0.2) is 18.3 Å². The number of aliphatic imine (C=N–C) groups is 1. The largest absolute Gasteiger partial charge is 0.385 e. The lowest BCUT2D eigenvalue weighted by Gasteiger charge is -2.31. The maximum absolute atomic E-state index is 4.72. The van der Waals surface area contributed by atoms with Crippen LogP contribution in [0.3, 0.4) is 0 Å². The lowest BCUT2D eigenvalue weighted by atomic mass is 9.83. The highest BCUT2D eigenvalue weighted by atomic mass is 14.9. The topological polar surface area (TPSA) is 24.4 Å². The minimum Gasteiger partial charge on any atom is -0.385 e. The van der Waals surface area contributed by atoms with E-state index in [1.54, 1.807) is 6.20 Å². The Bertz CT molecular complexity index is 323. The third kappa shape index (κ3) is 2.05. The molecule has 1 aliphatic carbocycles. The molecule has 2 unspecified atom stereocenters. The van der Waals surface area contributed by atoms with Gasteiger partial charge in [-0.25, -0.2) is 0 Å². The van der Waals surface area contributed by atoms with E-state index in [2.05, 4.69) is 29.8 Å². The van der Waals surface area contributed by atoms with Crippen molar-refractivity contribution < 1.29 is 0 Å². The van der Waals surface area contributed by atoms with Crippen LogP contribution in [0.1, 0.15) is 25.7 Å². The average Bonchev–Trinajstić information content (AvgIpc) is 2.68. The molecule has 1 fully saturated rings. The van der Waals surface area contributed by atoms with Gasteiger partial charge in [-0.15, -0.1) is 5.73 Å². The second-order valence-electron chi connectivity index (χ2n) is 4.32. The highest BCUT2D eigenvalue weighted by Gasteiger charge is 2.41. The van der Waals surface area contributed by atoms with E-state index in [0.29, 0.717) is 5.92 Å². The summed E-state index contributed by atoms with van der Waals surface area (Å²) in [6.07, 6.45) is 13.1. The molecule has 2 heteroatoms. The number of nitrogens with one attached hydrogen (secondary N) is 1. The van der Waals surface area contributed by atoms with E-state index >= 15 is 0 Å². The van der Waals surface area contributed by atoms with Gasteiger partial charge in [-0.05, 0) is 25.3 Å². The van der Waals surface area contributed by atoms with Crippen molar-refractivity contribution >= 4 is 6.21 Å². The molecule has 1 aliphatic heterocycles. The van der Waals surface area contributed by atoms with Crippen LogP contribution in [0.2, 0.25) is 0 Å². The quantitative estimate of drug-likeness (QED) is 0.549. The Morgan fingerprint density at radius 3 is 3.47 bits per heavy atom. The van der Waals surface area contributed by atoms with Gasteiger partial charge < -0.3 is 5.32 Å². The zero-order valence-corrected chi connectivity index (χ0v) is 9.08. The molecule has 1 saturated carbocycles. The molecule has 80 valence electrons. The number of nitrogens with zero attached hydrogens (tertiary/aromatic N) is 1. The number of hydrogen-bond donors (Lipinski definition) is 1. The van der Waals surface area contributed by atoms with Crippen molar-refractivity contribution in [2.45, 2.75) is 31.2 Å². The predicted octanol–water partition coefficient (Wildman–Crippen LogP) is 2.44. The molecule has 0 bridgehead atoms. The monoisotopic (exact) mass is 202 g/mol. The first-order chi connectivity index (χ1) is 7.37. The van der Waals surface area contributed by atoms with Gasteiger partial charge in [0.1, 0.15) is 0 Å². The van der Waals surface area contributed by atoms with Crippen LogP contribution in [0.25, 0.3) is 0 Å². The predicted molar refractivity (Wildman–Crippen MR) is 64.0 cm³/mol. The first-order valence-corrected chi connectivity index (χ1v) is 5.67. The molecular weight excluding hydrogens is 184 g/mol. The van der Waals surface area contributed by atoms with Gasteiger partial charge in [0.05, 0.1) is 5.54 Å². The summed E-state index contributed by atoms with van der Waals surface area (Å²) in [6.45, 7) is 4.49. The van der Waals surface area contributed by atoms with Gasteiger partial charge in [-0.2, -0.15) is 0 Å². The fourth-order valence-electron chi connectivity index (χ4n) is 2.70. The first kappa shape index (κ1) is 10.3. The molecule has 0 aromatic carbocycles. The molecule has 0 saturated heterocycles. The van der Waals surface area contributed by atoms with Gasteiger partial charge in [-0.3, -0.25) is 4.99 Å². The number of fused-ring (bicyclic) bond motifs is 1. The lowest BCUT2D eigenvalue weighted by Crippen LogP contribution is -2.34. The molecule has 0 spiro atoms. The van der Waals surface area contributed by atoms with Gasteiger partial charge >= 0.3 is 0 Å². The van der Waals surface area contributed by atoms with Crippen LogP contribution in [0.4, 0.5) is 0 Å². The molecular formula is C13H18N2. The summed E-state index contributed by atoms with van der Waals surface area (Å²) in [4.78, 5) is 4.72. The maximum Gasteiger partial charge on any atom is 0.0687 e. The Hall–Kier alpha value is -1.27. The van der Waals surface area contributed by atoms with Crippen LogP contribution in [-0.2, 0) is 0 Å². The van der Waals surface area contributed by atoms with Crippen molar-refractivity contribution in [1.29, 1.82) is 0 Å². The van der Waals surface area contributed by atoms with Gasteiger partial charge in [0.2, 0.25) is 0 Å². The summed E-state index contributed by atoms with van der Waals surface area (Å²) in [7, 11) is 0. The summed E-state index contributed by atoms with van der Waals surface area (Å²) in [5.74, 6) is 0.664. The zero-order chi connectivity index (χ0) is 10.6. The minimum absolute atomic E-state index is 0.191. The SMILES string of the molecule is C=C=CNCCC12CCCC1C=CC=N2. The van der Waals surface area contributed by atoms with Crippen molar-refractivity contribution in [2.24, 2.45) is 10.9 Å². The summed E-state index contributed by atoms with van der Waals surface area (Å²) >= 11 is 0. The van der Waals surface area contributed by atoms with E-state index in [1.165, 1.54) is 19.3 Å². The molecule has 1 N–H and O–H groups in total. The van der Waals surface area contributed by atoms with E-state index in [4.69, 9.17) is 4.99 Å². The fourth-order valence-corrected chi connectivity index (χ4v) is 2.70. The van der Waals surface area contributed by atoms with Gasteiger partial charge in [0.15, 0.2) is 0 Å². The highest BCUT2D eigenvalue weighted by molar-refractivity contribution is 5.73. The fraction of sp³-hybridized carbons (Fsp3) is 0.538. The molecule has 2 rings (SSSR count). The molecule has 0 aromatic rings. The molecule has 0 aromatic heterocycles. The normalized spacial score (nSPS) is 32.1. The zero-order valence-electron chi connectivity index (χ0n) is 9.08. The Kier molecular flexibility index (Phi) is 3.08. The van der Waals surface area contributed by atoms with Crippen LogP contribution >= 0.6 is 0 Å². The van der Waals surface area contributed by atoms with E-state index in [1.807, 2.05) is 6.21 Å². The average molecular weight is 202 g/mol. The third-order valence-electron chi connectivity index (χ3n) is 3.48. The number of allylic oxidation sites excluding steroid dienone is 1. The van der Waals surface area contributed by atoms with Crippen LogP contribution in [0, 0.1) is 5.92 Å². The molecule has 2 nitrogen and oxygen atoms in total. The van der Waals surface area contributed by atoms with Crippen LogP contribution < -0.4 is 5.32 Å². The van der Waals surface area contributed by atoms with E-state index in [-0.39, 0.29) is 5.54 Å². The second kappa shape index (κ2) is 4.50. The Labute approximate surface area is 91.5 Å². The van der Waals surface area contributed by atoms with Gasteiger partial charge in [-0.1, -0.05) is 19.1 Å². The minimum atomic E-state index is 0.191. The van der Waals surface area contributed by atoms with E-state index in [9.17, 15) is 0 Å². The Balaban J connectivity index is 1.95. The van der Waals surface area contributed by atoms with Crippen LogP contribution in [0.15, 0.2) is 35.7 Å². The summed E-state index contributed by atoms with van der Waals surface area (Å²) < 4.78 is 0. The van der Waals surface area contributed by atoms with Crippen molar-refractivity contribution in [2.75, 3.05) is 6.54 Å². The molecule has 1 heterocycles. The van der Waals surface area contributed by atoms with Crippen molar-refractivity contribution in [1.82, 2.24) is 5.32 Å². The first-order valence-electron chi connectivity index (χ1n) is 5.67. The van der Waals surface area contributed by atoms with Crippen LogP contribution in [0.5, 0.6) is 0 Å². The standard InChI is InChI=1S/C13H18N2/c1-2-9-14-11-8-13-7-3-5-12(13)6-4-10-15-13/h4,6,9-10,12,14H,1,3,5,7-8,11H2. The molecule has 0 amide bonds. The highest BCUT2D eigenvalue weighted by Crippen LogP contribution is 2.43.